The van der Waals surface area contributed by atoms with Crippen LogP contribution in [-0.2, 0) is 4.74 Å². The average molecular weight is 356 g/mol. The van der Waals surface area contributed by atoms with E-state index >= 15 is 0 Å². The number of ether oxygens (including phenoxy) is 2. The van der Waals surface area contributed by atoms with Crippen LogP contribution in [0.1, 0.15) is 32.1 Å². The fraction of sp³-hybridized carbons (Fsp3) is 0.250. The second-order valence-corrected chi connectivity index (χ2v) is 5.69. The van der Waals surface area contributed by atoms with Crippen molar-refractivity contribution in [3.05, 3.63) is 50.8 Å². The summed E-state index contributed by atoms with van der Waals surface area (Å²) in [6.45, 7) is 3.11. The first kappa shape index (κ1) is 17.4. The number of hydrogen-bond acceptors (Lipinski definition) is 4. The van der Waals surface area contributed by atoms with Crippen LogP contribution in [0, 0.1) is 13.8 Å². The number of ketones is 1. The molecule has 0 aliphatic heterocycles. The van der Waals surface area contributed by atoms with Crippen molar-refractivity contribution < 1.29 is 19.1 Å². The summed E-state index contributed by atoms with van der Waals surface area (Å²) < 4.78 is 10.1. The van der Waals surface area contributed by atoms with Gasteiger partial charge in [0.1, 0.15) is 0 Å². The fourth-order valence-corrected chi connectivity index (χ4v) is 2.77. The lowest BCUT2D eigenvalue weighted by Crippen LogP contribution is -2.14. The van der Waals surface area contributed by atoms with E-state index in [4.69, 9.17) is 32.7 Å². The van der Waals surface area contributed by atoms with Crippen molar-refractivity contribution in [2.45, 2.75) is 13.8 Å². The number of aryl methyl sites for hydroxylation is 1. The van der Waals surface area contributed by atoms with Crippen LogP contribution in [0.5, 0.6) is 5.75 Å². The smallest absolute Gasteiger partial charge is 0.339 e. The van der Waals surface area contributed by atoms with Gasteiger partial charge in [-0.05, 0) is 31.5 Å². The molecule has 1 heterocycles. The minimum Gasteiger partial charge on any atom is -0.482 e. The van der Waals surface area contributed by atoms with Gasteiger partial charge < -0.3 is 14.5 Å². The SMILES string of the molecule is COC(=O)c1c(C)[nH]c(C(=O)COc2c(Cl)cccc2Cl)c1C. The van der Waals surface area contributed by atoms with Gasteiger partial charge in [-0.25, -0.2) is 4.79 Å². The Morgan fingerprint density at radius 2 is 1.78 bits per heavy atom. The van der Waals surface area contributed by atoms with Gasteiger partial charge in [0.25, 0.3) is 0 Å². The largest absolute Gasteiger partial charge is 0.482 e. The maximum atomic E-state index is 12.3. The molecule has 0 radical (unpaired) electrons. The zero-order valence-corrected chi connectivity index (χ0v) is 14.3. The molecule has 0 saturated heterocycles. The lowest BCUT2D eigenvalue weighted by Gasteiger charge is -2.09. The van der Waals surface area contributed by atoms with E-state index in [-0.39, 0.29) is 18.1 Å². The van der Waals surface area contributed by atoms with Crippen LogP contribution in [0.2, 0.25) is 10.0 Å². The van der Waals surface area contributed by atoms with Crippen molar-refractivity contribution in [3.8, 4) is 5.75 Å². The number of esters is 1. The van der Waals surface area contributed by atoms with Crippen molar-refractivity contribution >= 4 is 35.0 Å². The Labute approximate surface area is 143 Å². The maximum absolute atomic E-state index is 12.3. The number of methoxy groups -OCH3 is 1. The molecule has 0 bridgehead atoms. The topological polar surface area (TPSA) is 68.4 Å². The number of carbonyl (C=O) groups is 2. The van der Waals surface area contributed by atoms with Crippen LogP contribution in [0.3, 0.4) is 0 Å². The van der Waals surface area contributed by atoms with Gasteiger partial charge in [0.2, 0.25) is 5.78 Å². The van der Waals surface area contributed by atoms with Gasteiger partial charge in [-0.1, -0.05) is 29.3 Å². The summed E-state index contributed by atoms with van der Waals surface area (Å²) in [4.78, 5) is 27.0. The number of aromatic amines is 1. The first-order valence-corrected chi connectivity index (χ1v) is 7.49. The normalized spacial score (nSPS) is 10.5. The molecule has 5 nitrogen and oxygen atoms in total. The quantitative estimate of drug-likeness (QED) is 0.650. The van der Waals surface area contributed by atoms with Gasteiger partial charge in [-0.3, -0.25) is 4.79 Å². The van der Waals surface area contributed by atoms with E-state index in [1.165, 1.54) is 7.11 Å². The van der Waals surface area contributed by atoms with Crippen molar-refractivity contribution in [1.82, 2.24) is 4.98 Å². The number of hydrogen-bond donors (Lipinski definition) is 1. The third kappa shape index (κ3) is 3.51. The fourth-order valence-electron chi connectivity index (χ4n) is 2.27. The molecular formula is C16H15Cl2NO4. The summed E-state index contributed by atoms with van der Waals surface area (Å²) in [6.07, 6.45) is 0. The summed E-state index contributed by atoms with van der Waals surface area (Å²) in [5.41, 5.74) is 1.74. The number of carbonyl (C=O) groups excluding carboxylic acids is 2. The van der Waals surface area contributed by atoms with Gasteiger partial charge in [-0.2, -0.15) is 0 Å². The van der Waals surface area contributed by atoms with E-state index in [0.29, 0.717) is 32.6 Å². The standard InChI is InChI=1S/C16H15Cl2NO4/c1-8-13(16(21)22-3)9(2)19-14(8)12(20)7-23-15-10(17)5-4-6-11(15)18/h4-6,19H,7H2,1-3H3. The highest BCUT2D eigenvalue weighted by molar-refractivity contribution is 6.37. The molecular weight excluding hydrogens is 341 g/mol. The maximum Gasteiger partial charge on any atom is 0.339 e. The Kier molecular flexibility index (Phi) is 5.34. The van der Waals surface area contributed by atoms with E-state index in [1.54, 1.807) is 32.0 Å². The summed E-state index contributed by atoms with van der Waals surface area (Å²) in [7, 11) is 1.29. The zero-order valence-electron chi connectivity index (χ0n) is 12.8. The molecule has 122 valence electrons. The van der Waals surface area contributed by atoms with E-state index in [0.717, 1.165) is 0 Å². The number of aromatic nitrogens is 1. The van der Waals surface area contributed by atoms with Crippen LogP contribution in [-0.4, -0.2) is 30.5 Å². The molecule has 0 unspecified atom stereocenters. The predicted octanol–water partition coefficient (Wildman–Crippen LogP) is 3.99. The monoisotopic (exact) mass is 355 g/mol. The lowest BCUT2D eigenvalue weighted by molar-refractivity contribution is 0.0599. The molecule has 0 spiro atoms. The van der Waals surface area contributed by atoms with Crippen molar-refractivity contribution in [2.75, 3.05) is 13.7 Å². The first-order valence-electron chi connectivity index (χ1n) is 6.74. The van der Waals surface area contributed by atoms with Crippen LogP contribution < -0.4 is 4.74 Å². The Morgan fingerprint density at radius 3 is 2.35 bits per heavy atom. The molecule has 0 saturated carbocycles. The van der Waals surface area contributed by atoms with Crippen LogP contribution in [0.15, 0.2) is 18.2 Å². The van der Waals surface area contributed by atoms with Gasteiger partial charge in [0.05, 0.1) is 28.4 Å². The average Bonchev–Trinajstić information content (AvgIpc) is 2.81. The minimum absolute atomic E-state index is 0.248. The molecule has 0 amide bonds. The molecule has 23 heavy (non-hydrogen) atoms. The van der Waals surface area contributed by atoms with E-state index in [1.807, 2.05) is 0 Å². The van der Waals surface area contributed by atoms with E-state index in [2.05, 4.69) is 4.98 Å². The number of para-hydroxylation sites is 1. The summed E-state index contributed by atoms with van der Waals surface area (Å²) >= 11 is 12.0. The van der Waals surface area contributed by atoms with Gasteiger partial charge >= 0.3 is 5.97 Å². The predicted molar refractivity (Wildman–Crippen MR) is 87.9 cm³/mol. The number of halogens is 2. The number of nitrogens with one attached hydrogen (secondary N) is 1. The second kappa shape index (κ2) is 7.06. The Morgan fingerprint density at radius 1 is 1.17 bits per heavy atom. The van der Waals surface area contributed by atoms with Gasteiger partial charge in [0.15, 0.2) is 12.4 Å². The summed E-state index contributed by atoms with van der Waals surface area (Å²) in [5, 5.41) is 0.639. The molecule has 2 rings (SSSR count). The Hall–Kier alpha value is -1.98. The van der Waals surface area contributed by atoms with Crippen LogP contribution in [0.4, 0.5) is 0 Å². The second-order valence-electron chi connectivity index (χ2n) is 4.88. The molecule has 7 heteroatoms. The number of Topliss-reactive ketones (excluding diaryl/α,β-unsaturated/α-hetero) is 1. The summed E-state index contributed by atoms with van der Waals surface area (Å²) in [5.74, 6) is -0.569. The summed E-state index contributed by atoms with van der Waals surface area (Å²) in [6, 6.07) is 4.92. The molecule has 1 aromatic heterocycles. The number of rotatable bonds is 5. The zero-order chi connectivity index (χ0) is 17.1. The van der Waals surface area contributed by atoms with Crippen LogP contribution in [0.25, 0.3) is 0 Å². The van der Waals surface area contributed by atoms with Crippen LogP contribution >= 0.6 is 23.2 Å². The van der Waals surface area contributed by atoms with Crippen molar-refractivity contribution in [3.63, 3.8) is 0 Å². The third-order valence-corrected chi connectivity index (χ3v) is 3.97. The molecule has 1 N–H and O–H groups in total. The highest BCUT2D eigenvalue weighted by Gasteiger charge is 2.23. The lowest BCUT2D eigenvalue weighted by atomic mass is 10.1. The van der Waals surface area contributed by atoms with E-state index < -0.39 is 5.97 Å². The molecule has 1 aromatic carbocycles. The number of H-pyrrole nitrogens is 1. The highest BCUT2D eigenvalue weighted by Crippen LogP contribution is 2.32. The minimum atomic E-state index is -0.495. The highest BCUT2D eigenvalue weighted by atomic mass is 35.5. The number of benzene rings is 1. The first-order chi connectivity index (χ1) is 10.9. The molecule has 0 fully saturated rings. The molecule has 0 aliphatic carbocycles. The Balaban J connectivity index is 2.21. The molecule has 0 atom stereocenters. The Bertz CT molecular complexity index is 747. The van der Waals surface area contributed by atoms with Crippen molar-refractivity contribution in [2.24, 2.45) is 0 Å². The van der Waals surface area contributed by atoms with E-state index in [9.17, 15) is 9.59 Å². The van der Waals surface area contributed by atoms with Crippen molar-refractivity contribution in [1.29, 1.82) is 0 Å². The third-order valence-electron chi connectivity index (χ3n) is 3.37. The molecule has 2 aromatic rings. The molecule has 0 aliphatic rings. The van der Waals surface area contributed by atoms with Gasteiger partial charge in [-0.15, -0.1) is 0 Å². The van der Waals surface area contributed by atoms with Gasteiger partial charge in [0, 0.05) is 5.69 Å².